The molecule has 0 aliphatic rings. The number of nitrogens with zero attached hydrogens (tertiary/aromatic N) is 2. The Morgan fingerprint density at radius 1 is 1.13 bits per heavy atom. The van der Waals surface area contributed by atoms with Gasteiger partial charge in [-0.2, -0.15) is 0 Å². The molecule has 8 atom stereocenters. The fraction of sp³-hybridized carbons (Fsp3) is 0.667. The molecule has 0 spiro atoms. The molecule has 1 aromatic rings. The van der Waals surface area contributed by atoms with Gasteiger partial charge in [-0.05, 0) is 101 Å². The molecule has 0 fully saturated rings. The number of amides is 2. The lowest BCUT2D eigenvalue weighted by atomic mass is 9.86. The number of anilines is 1. The van der Waals surface area contributed by atoms with Crippen LogP contribution < -0.4 is 10.0 Å². The van der Waals surface area contributed by atoms with Crippen molar-refractivity contribution in [3.05, 3.63) is 36.1 Å². The normalized spacial score (nSPS) is 18.0. The first-order valence-electron chi connectivity index (χ1n) is 15.6. The Bertz CT molecular complexity index is 1050. The van der Waals surface area contributed by atoms with Crippen molar-refractivity contribution in [1.82, 2.24) is 9.62 Å². The Morgan fingerprint density at radius 2 is 1.76 bits per heavy atom. The molecule has 4 unspecified atom stereocenters. The molecule has 11 nitrogen and oxygen atoms in total. The van der Waals surface area contributed by atoms with Gasteiger partial charge in [-0.1, -0.05) is 32.9 Å². The molecule has 45 heavy (non-hydrogen) atoms. The molecule has 1 aromatic carbocycles. The molecule has 256 valence electrons. The number of oxime groups is 1. The van der Waals surface area contributed by atoms with Crippen molar-refractivity contribution in [3.63, 3.8) is 0 Å². The molecule has 2 amide bonds. The number of methoxy groups -OCH3 is 1. The number of benzene rings is 1. The molecule has 0 aliphatic carbocycles. The molecule has 1 rings (SSSR count). The summed E-state index contributed by atoms with van der Waals surface area (Å²) in [6.45, 7) is 16.7. The number of urea groups is 1. The molecular weight excluding hydrogens is 596 g/mol. The lowest BCUT2D eigenvalue weighted by Crippen LogP contribution is -2.60. The molecule has 5 N–H and O–H groups in total. The highest BCUT2D eigenvalue weighted by Crippen LogP contribution is 2.27. The first-order valence-corrected chi connectivity index (χ1v) is 16.4. The Balaban J connectivity index is 3.04. The Morgan fingerprint density at radius 3 is 2.31 bits per heavy atom. The van der Waals surface area contributed by atoms with Crippen LogP contribution in [0.25, 0.3) is 0 Å². The van der Waals surface area contributed by atoms with E-state index in [2.05, 4.69) is 21.9 Å². The number of allylic oxidation sites excluding steroid dienone is 1. The SMILES string of the molecule is C=NO/C(C)=C\CNSc1ccc(NC(=O)N(C[C@H](C)CC(O)C[C@@H](C)CC(C)C=O)C(C)C(O)[C@](C)(O)[C@@H](CC)OC)cc1. The number of aliphatic hydroxyl groups excluding tert-OH is 2. The van der Waals surface area contributed by atoms with E-state index in [9.17, 15) is 24.9 Å². The molecule has 0 aliphatic heterocycles. The molecule has 0 aromatic heterocycles. The standard InChI is InChI=1S/C33H56N4O7S/c1-10-30(43-9)33(7,42)31(40)26(6)37(20-23(3)19-28(39)18-22(2)17-24(4)21-38)32(41)36-27-11-13-29(14-12-27)45-35-16-15-25(5)44-34-8/h11-15,21-24,26,28,30-31,35,39-40,42H,8,10,16-20H2,1-7,9H3,(H,36,41)/b25-15-/t22-,23+,24?,26?,28?,30+,31?,33+/m0/s1. The fourth-order valence-electron chi connectivity index (χ4n) is 5.57. The van der Waals surface area contributed by atoms with Gasteiger partial charge in [0.05, 0.1) is 18.2 Å². The number of carbonyl (C=O) groups excluding carboxylic acids is 2. The van der Waals surface area contributed by atoms with Crippen LogP contribution in [0.15, 0.2) is 46.2 Å². The number of hydrogen-bond acceptors (Lipinski definition) is 10. The topological polar surface area (TPSA) is 153 Å². The second-order valence-electron chi connectivity index (χ2n) is 12.3. The van der Waals surface area contributed by atoms with Gasteiger partial charge in [-0.25, -0.2) is 4.79 Å². The number of nitrogens with one attached hydrogen (secondary N) is 2. The van der Waals surface area contributed by atoms with Crippen molar-refractivity contribution in [2.24, 2.45) is 22.9 Å². The number of hydrogen-bond donors (Lipinski definition) is 5. The zero-order valence-electron chi connectivity index (χ0n) is 28.2. The molecular formula is C33H56N4O7S. The van der Waals surface area contributed by atoms with Crippen LogP contribution in [0.2, 0.25) is 0 Å². The molecule has 0 saturated carbocycles. The first-order chi connectivity index (χ1) is 21.2. The minimum Gasteiger partial charge on any atom is -0.393 e. The zero-order valence-corrected chi connectivity index (χ0v) is 29.0. The average Bonchev–Trinajstić information content (AvgIpc) is 2.98. The predicted octanol–water partition coefficient (Wildman–Crippen LogP) is 5.22. The van der Waals surface area contributed by atoms with Crippen molar-refractivity contribution in [1.29, 1.82) is 0 Å². The van der Waals surface area contributed by atoms with Crippen LogP contribution >= 0.6 is 11.9 Å². The minimum absolute atomic E-state index is 0.0661. The maximum absolute atomic E-state index is 13.7. The van der Waals surface area contributed by atoms with Gasteiger partial charge in [0.15, 0.2) is 0 Å². The van der Waals surface area contributed by atoms with Crippen molar-refractivity contribution in [3.8, 4) is 0 Å². The van der Waals surface area contributed by atoms with E-state index in [0.717, 1.165) is 11.2 Å². The monoisotopic (exact) mass is 652 g/mol. The maximum Gasteiger partial charge on any atom is 0.322 e. The van der Waals surface area contributed by atoms with Crippen molar-refractivity contribution in [2.75, 3.05) is 25.5 Å². The third-order valence-corrected chi connectivity index (χ3v) is 8.77. The van der Waals surface area contributed by atoms with Gasteiger partial charge < -0.3 is 39.9 Å². The van der Waals surface area contributed by atoms with E-state index in [4.69, 9.17) is 9.57 Å². The van der Waals surface area contributed by atoms with Crippen LogP contribution in [0.3, 0.4) is 0 Å². The third-order valence-electron chi connectivity index (χ3n) is 7.96. The molecule has 0 saturated heterocycles. The van der Waals surface area contributed by atoms with Crippen LogP contribution in [-0.2, 0) is 14.4 Å². The lowest BCUT2D eigenvalue weighted by molar-refractivity contribution is -0.161. The lowest BCUT2D eigenvalue weighted by Gasteiger charge is -2.42. The summed E-state index contributed by atoms with van der Waals surface area (Å²) in [5, 5.41) is 39.7. The van der Waals surface area contributed by atoms with E-state index in [1.807, 2.05) is 45.9 Å². The van der Waals surface area contributed by atoms with Crippen molar-refractivity contribution in [2.45, 2.75) is 109 Å². The molecule has 0 radical (unpaired) electrons. The number of rotatable bonds is 22. The highest BCUT2D eigenvalue weighted by atomic mass is 32.2. The summed E-state index contributed by atoms with van der Waals surface area (Å²) in [5.41, 5.74) is -1.05. The highest BCUT2D eigenvalue weighted by Gasteiger charge is 2.44. The maximum atomic E-state index is 13.7. The molecule has 0 bridgehead atoms. The molecule has 12 heteroatoms. The van der Waals surface area contributed by atoms with Crippen molar-refractivity contribution >= 4 is 36.7 Å². The van der Waals surface area contributed by atoms with Gasteiger partial charge in [-0.15, -0.1) is 0 Å². The van der Waals surface area contributed by atoms with Crippen LogP contribution in [0.4, 0.5) is 10.5 Å². The fourth-order valence-corrected chi connectivity index (χ4v) is 6.18. The van der Waals surface area contributed by atoms with Gasteiger partial charge in [0.25, 0.3) is 0 Å². The average molecular weight is 653 g/mol. The Kier molecular flexibility index (Phi) is 18.6. The summed E-state index contributed by atoms with van der Waals surface area (Å²) in [7, 11) is 1.48. The van der Waals surface area contributed by atoms with E-state index < -0.39 is 36.0 Å². The predicted molar refractivity (Wildman–Crippen MR) is 181 cm³/mol. The summed E-state index contributed by atoms with van der Waals surface area (Å²) < 4.78 is 8.63. The summed E-state index contributed by atoms with van der Waals surface area (Å²) in [4.78, 5) is 32.1. The van der Waals surface area contributed by atoms with Crippen LogP contribution in [0.1, 0.15) is 74.1 Å². The smallest absolute Gasteiger partial charge is 0.322 e. The van der Waals surface area contributed by atoms with Gasteiger partial charge >= 0.3 is 6.03 Å². The number of aliphatic hydroxyl groups is 3. The number of carbonyl (C=O) groups is 2. The summed E-state index contributed by atoms with van der Waals surface area (Å²) in [6, 6.07) is 6.09. The van der Waals surface area contributed by atoms with Crippen molar-refractivity contribution < 1.29 is 34.5 Å². The van der Waals surface area contributed by atoms with Crippen LogP contribution in [-0.4, -0.2) is 89.4 Å². The van der Waals surface area contributed by atoms with E-state index in [1.54, 1.807) is 26.0 Å². The number of ether oxygens (including phenoxy) is 1. The molecule has 0 heterocycles. The largest absolute Gasteiger partial charge is 0.393 e. The summed E-state index contributed by atoms with van der Waals surface area (Å²) >= 11 is 1.42. The van der Waals surface area contributed by atoms with E-state index in [1.165, 1.54) is 30.9 Å². The highest BCUT2D eigenvalue weighted by molar-refractivity contribution is 7.97. The van der Waals surface area contributed by atoms with Crippen LogP contribution in [0, 0.1) is 17.8 Å². The second kappa shape index (κ2) is 20.6. The number of aldehydes is 1. The Labute approximate surface area is 273 Å². The first kappa shape index (κ1) is 40.5. The second-order valence-corrected chi connectivity index (χ2v) is 13.3. The van der Waals surface area contributed by atoms with Crippen LogP contribution in [0.5, 0.6) is 0 Å². The summed E-state index contributed by atoms with van der Waals surface area (Å²) in [6.07, 6.45) is 2.35. The quantitative estimate of drug-likeness (QED) is 0.0284. The van der Waals surface area contributed by atoms with E-state index in [0.29, 0.717) is 43.7 Å². The van der Waals surface area contributed by atoms with Gasteiger partial charge in [0.2, 0.25) is 0 Å². The van der Waals surface area contributed by atoms with Gasteiger partial charge in [0.1, 0.15) is 23.8 Å². The van der Waals surface area contributed by atoms with Gasteiger partial charge in [0, 0.05) is 43.4 Å². The minimum atomic E-state index is -1.62. The zero-order chi connectivity index (χ0) is 34.2. The van der Waals surface area contributed by atoms with Gasteiger partial charge in [-0.3, -0.25) is 4.72 Å². The Hall–Kier alpha value is -2.48. The van der Waals surface area contributed by atoms with E-state index in [-0.39, 0.29) is 24.3 Å². The summed E-state index contributed by atoms with van der Waals surface area (Å²) in [5.74, 6) is 0.615. The van der Waals surface area contributed by atoms with E-state index >= 15 is 0 Å². The third kappa shape index (κ3) is 14.2.